The minimum atomic E-state index is -0.550. The molecule has 1 atom stereocenters. The Morgan fingerprint density at radius 3 is 2.63 bits per heavy atom. The van der Waals surface area contributed by atoms with Gasteiger partial charge in [0.1, 0.15) is 41.5 Å². The second kappa shape index (κ2) is 9.96. The Hall–Kier alpha value is -4.74. The number of hydrogen-bond acceptors (Lipinski definition) is 7. The second-order valence-electron chi connectivity index (χ2n) is 9.05. The van der Waals surface area contributed by atoms with Crippen LogP contribution in [0.3, 0.4) is 0 Å². The third-order valence-corrected chi connectivity index (χ3v) is 6.52. The largest absolute Gasteiger partial charge is 0.329 e. The van der Waals surface area contributed by atoms with E-state index in [0.29, 0.717) is 17.8 Å². The maximum atomic E-state index is 13.6. The van der Waals surface area contributed by atoms with Gasteiger partial charge in [-0.05, 0) is 37.1 Å². The van der Waals surface area contributed by atoms with Crippen LogP contribution in [0.2, 0.25) is 0 Å². The molecule has 0 fully saturated rings. The number of aromatic nitrogens is 5. The van der Waals surface area contributed by atoms with E-state index in [9.17, 15) is 23.6 Å². The van der Waals surface area contributed by atoms with Crippen molar-refractivity contribution in [1.82, 2.24) is 29.0 Å². The summed E-state index contributed by atoms with van der Waals surface area (Å²) in [4.78, 5) is 61.1. The van der Waals surface area contributed by atoms with Gasteiger partial charge >= 0.3 is 0 Å². The van der Waals surface area contributed by atoms with Gasteiger partial charge < -0.3 is 19.6 Å². The highest BCUT2D eigenvalue weighted by molar-refractivity contribution is 5.99. The molecule has 11 nitrogen and oxygen atoms in total. The zero-order valence-electron chi connectivity index (χ0n) is 20.7. The van der Waals surface area contributed by atoms with E-state index >= 15 is 0 Å². The fraction of sp³-hybridized carbons (Fsp3) is 0.269. The molecule has 0 spiro atoms. The molecular formula is C26H24FN7O4. The van der Waals surface area contributed by atoms with Crippen LogP contribution in [-0.2, 0) is 22.7 Å². The van der Waals surface area contributed by atoms with Crippen LogP contribution in [0.15, 0.2) is 47.5 Å². The molecular weight excluding hydrogens is 493 g/mol. The molecule has 194 valence electrons. The van der Waals surface area contributed by atoms with Gasteiger partial charge in [-0.1, -0.05) is 13.0 Å². The van der Waals surface area contributed by atoms with Gasteiger partial charge in [-0.25, -0.2) is 9.37 Å². The van der Waals surface area contributed by atoms with Crippen LogP contribution in [0.25, 0.3) is 17.0 Å². The molecule has 0 aromatic carbocycles. The number of pyridine rings is 2. The van der Waals surface area contributed by atoms with Crippen molar-refractivity contribution in [2.24, 2.45) is 0 Å². The summed E-state index contributed by atoms with van der Waals surface area (Å²) in [6, 6.07) is 7.32. The van der Waals surface area contributed by atoms with E-state index in [4.69, 9.17) is 0 Å². The molecule has 1 unspecified atom stereocenters. The Morgan fingerprint density at radius 2 is 1.97 bits per heavy atom. The summed E-state index contributed by atoms with van der Waals surface area (Å²) in [5.41, 5.74) is 1.87. The molecule has 12 heteroatoms. The number of fused-ring (bicyclic) bond motifs is 2. The number of carbonyl (C=O) groups excluding carboxylic acids is 3. The number of amides is 2. The number of aldehydes is 1. The summed E-state index contributed by atoms with van der Waals surface area (Å²) in [7, 11) is 0. The number of nitrogens with one attached hydrogen (secondary N) is 1. The minimum Gasteiger partial charge on any atom is -0.329 e. The first-order valence-electron chi connectivity index (χ1n) is 12.0. The van der Waals surface area contributed by atoms with E-state index in [1.165, 1.54) is 15.5 Å². The number of rotatable bonds is 8. The van der Waals surface area contributed by atoms with Gasteiger partial charge in [-0.2, -0.15) is 9.61 Å². The summed E-state index contributed by atoms with van der Waals surface area (Å²) < 4.78 is 15.8. The lowest BCUT2D eigenvalue weighted by Gasteiger charge is -2.24. The smallest absolute Gasteiger partial charge is 0.280 e. The second-order valence-corrected chi connectivity index (χ2v) is 9.05. The molecule has 1 N–H and O–H groups in total. The van der Waals surface area contributed by atoms with E-state index in [1.54, 1.807) is 18.3 Å². The van der Waals surface area contributed by atoms with Crippen LogP contribution in [0, 0.1) is 12.7 Å². The average molecular weight is 518 g/mol. The monoisotopic (exact) mass is 517 g/mol. The Morgan fingerprint density at radius 1 is 1.16 bits per heavy atom. The number of halogens is 1. The highest BCUT2D eigenvalue weighted by Crippen LogP contribution is 2.27. The van der Waals surface area contributed by atoms with Gasteiger partial charge in [-0.15, -0.1) is 0 Å². The first kappa shape index (κ1) is 24.9. The predicted molar refractivity (Wildman–Crippen MR) is 135 cm³/mol. The number of anilines is 1. The van der Waals surface area contributed by atoms with E-state index in [2.05, 4.69) is 20.4 Å². The molecule has 2 amide bonds. The Kier molecular flexibility index (Phi) is 6.53. The quantitative estimate of drug-likeness (QED) is 0.355. The molecule has 38 heavy (non-hydrogen) atoms. The van der Waals surface area contributed by atoms with Crippen LogP contribution in [0.5, 0.6) is 0 Å². The van der Waals surface area contributed by atoms with Gasteiger partial charge in [0.05, 0.1) is 24.0 Å². The number of aryl methyl sites for hydroxylation is 1. The van der Waals surface area contributed by atoms with Crippen LogP contribution >= 0.6 is 0 Å². The zero-order valence-corrected chi connectivity index (χ0v) is 20.7. The molecule has 0 saturated heterocycles. The highest BCUT2D eigenvalue weighted by atomic mass is 19.1. The maximum Gasteiger partial charge on any atom is 0.280 e. The molecule has 5 heterocycles. The molecule has 4 aromatic heterocycles. The molecule has 1 aliphatic rings. The molecule has 4 aromatic rings. The molecule has 0 aliphatic carbocycles. The van der Waals surface area contributed by atoms with Crippen LogP contribution in [0.4, 0.5) is 10.2 Å². The Labute approximate surface area is 215 Å². The summed E-state index contributed by atoms with van der Waals surface area (Å²) in [5.74, 6) is -1.41. The van der Waals surface area contributed by atoms with Crippen LogP contribution < -0.4 is 10.9 Å². The lowest BCUT2D eigenvalue weighted by molar-refractivity contribution is -0.116. The van der Waals surface area contributed by atoms with Crippen molar-refractivity contribution >= 4 is 29.6 Å². The summed E-state index contributed by atoms with van der Waals surface area (Å²) in [6.07, 6.45) is 4.04. The lowest BCUT2D eigenvalue weighted by Crippen LogP contribution is -2.36. The van der Waals surface area contributed by atoms with Crippen LogP contribution in [0.1, 0.15) is 41.4 Å². The molecule has 0 saturated carbocycles. The fourth-order valence-electron chi connectivity index (χ4n) is 4.59. The maximum absolute atomic E-state index is 13.6. The van der Waals surface area contributed by atoms with Crippen LogP contribution in [-0.4, -0.2) is 53.2 Å². The van der Waals surface area contributed by atoms with E-state index in [1.807, 2.05) is 19.9 Å². The van der Waals surface area contributed by atoms with E-state index in [-0.39, 0.29) is 42.2 Å². The number of nitrogens with zero attached hydrogens (tertiary/aromatic N) is 6. The lowest BCUT2D eigenvalue weighted by atomic mass is 10.1. The highest BCUT2D eigenvalue weighted by Gasteiger charge is 2.38. The first-order chi connectivity index (χ1) is 18.3. The van der Waals surface area contributed by atoms with Crippen molar-refractivity contribution in [3.05, 3.63) is 75.7 Å². The SMILES string of the molecule is CCC(CC=O)N1Cc2c(n(CC(=O)Nc3ccc(F)cn3)c3cc(-c4ccc(C)cn4)nn3c2=O)C1=O. The number of carbonyl (C=O) groups is 3. The third-order valence-electron chi connectivity index (χ3n) is 6.52. The van der Waals surface area contributed by atoms with Crippen molar-refractivity contribution < 1.29 is 18.8 Å². The third kappa shape index (κ3) is 4.44. The fourth-order valence-corrected chi connectivity index (χ4v) is 4.59. The first-order valence-corrected chi connectivity index (χ1v) is 12.0. The number of hydrogen-bond donors (Lipinski definition) is 1. The van der Waals surface area contributed by atoms with Gasteiger partial charge in [0.2, 0.25) is 5.91 Å². The average Bonchev–Trinajstić information content (AvgIpc) is 3.50. The molecule has 0 bridgehead atoms. The van der Waals surface area contributed by atoms with Crippen molar-refractivity contribution in [2.75, 3.05) is 5.32 Å². The minimum absolute atomic E-state index is 0.00556. The standard InChI is InChI=1S/C26H24FN7O4/c1-3-17(8-9-35)32-13-18-24(26(32)38)33(14-22(36)30-21-7-5-16(27)12-29-21)23-10-20(31-34(23)25(18)37)19-6-4-15(2)11-28-19/h4-7,9-12,17H,3,8,13-14H2,1-2H3,(H,29,30,36). The summed E-state index contributed by atoms with van der Waals surface area (Å²) in [6.45, 7) is 3.40. The zero-order chi connectivity index (χ0) is 27.0. The van der Waals surface area contributed by atoms with E-state index in [0.717, 1.165) is 28.6 Å². The van der Waals surface area contributed by atoms with Crippen molar-refractivity contribution in [1.29, 1.82) is 0 Å². The Bertz CT molecular complexity index is 1610. The van der Waals surface area contributed by atoms with Crippen molar-refractivity contribution in [2.45, 2.75) is 45.8 Å². The van der Waals surface area contributed by atoms with E-state index < -0.39 is 29.2 Å². The topological polar surface area (TPSA) is 132 Å². The predicted octanol–water partition coefficient (Wildman–Crippen LogP) is 2.36. The summed E-state index contributed by atoms with van der Waals surface area (Å²) >= 11 is 0. The molecule has 0 radical (unpaired) electrons. The molecule has 1 aliphatic heterocycles. The van der Waals surface area contributed by atoms with Gasteiger partial charge in [0, 0.05) is 24.7 Å². The van der Waals surface area contributed by atoms with Gasteiger partial charge in [0.25, 0.3) is 11.5 Å². The van der Waals surface area contributed by atoms with Gasteiger partial charge in [-0.3, -0.25) is 19.4 Å². The normalized spacial score (nSPS) is 13.6. The Balaban J connectivity index is 1.62. The molecule has 5 rings (SSSR count). The van der Waals surface area contributed by atoms with Crippen molar-refractivity contribution in [3.63, 3.8) is 0 Å². The summed E-state index contributed by atoms with van der Waals surface area (Å²) in [5, 5.41) is 7.04. The van der Waals surface area contributed by atoms with Gasteiger partial charge in [0.15, 0.2) is 0 Å². The van der Waals surface area contributed by atoms with Crippen molar-refractivity contribution in [3.8, 4) is 11.4 Å².